The molecular weight excluding hydrogens is 368 g/mol. The molecular formula is C23H26N2O4. The van der Waals surface area contributed by atoms with E-state index in [2.05, 4.69) is 5.32 Å². The van der Waals surface area contributed by atoms with Gasteiger partial charge in [-0.3, -0.25) is 0 Å². The van der Waals surface area contributed by atoms with E-state index < -0.39 is 11.7 Å². The van der Waals surface area contributed by atoms with Crippen LogP contribution in [0.25, 0.3) is 22.0 Å². The highest BCUT2D eigenvalue weighted by Crippen LogP contribution is 2.31. The van der Waals surface area contributed by atoms with E-state index in [4.69, 9.17) is 9.47 Å². The lowest BCUT2D eigenvalue weighted by Gasteiger charge is -2.19. The van der Waals surface area contributed by atoms with Gasteiger partial charge in [0.15, 0.2) is 0 Å². The number of hydrogen-bond donors (Lipinski definition) is 1. The molecule has 0 aliphatic carbocycles. The van der Waals surface area contributed by atoms with E-state index in [1.165, 1.54) is 7.11 Å². The topological polar surface area (TPSA) is 69.6 Å². The van der Waals surface area contributed by atoms with Crippen molar-refractivity contribution in [3.05, 3.63) is 60.3 Å². The lowest BCUT2D eigenvalue weighted by molar-refractivity contribution is 0.0525. The standard InChI is InChI=1S/C23H26N2O4/c1-23(2,3)29-22(27)24-12-13-25-15-19(16-8-6-5-7-9-16)18-11-10-17(14-20(18)25)21(26)28-4/h5-11,14-15H,12-13H2,1-4H3,(H,24,27). The Morgan fingerprint density at radius 3 is 2.45 bits per heavy atom. The first-order valence-electron chi connectivity index (χ1n) is 9.52. The molecule has 0 radical (unpaired) electrons. The summed E-state index contributed by atoms with van der Waals surface area (Å²) in [5.41, 5.74) is 2.99. The molecule has 0 atom stereocenters. The third-order valence-corrected chi connectivity index (χ3v) is 4.41. The number of ether oxygens (including phenoxy) is 2. The molecule has 1 aromatic heterocycles. The number of nitrogens with one attached hydrogen (secondary N) is 1. The number of carbonyl (C=O) groups excluding carboxylic acids is 2. The monoisotopic (exact) mass is 394 g/mol. The summed E-state index contributed by atoms with van der Waals surface area (Å²) in [4.78, 5) is 23.9. The van der Waals surface area contributed by atoms with Crippen LogP contribution in [0, 0.1) is 0 Å². The quantitative estimate of drug-likeness (QED) is 0.641. The zero-order valence-electron chi connectivity index (χ0n) is 17.2. The Morgan fingerprint density at radius 2 is 1.79 bits per heavy atom. The molecule has 0 aliphatic heterocycles. The Labute approximate surface area is 170 Å². The first-order valence-corrected chi connectivity index (χ1v) is 9.52. The molecule has 6 heteroatoms. The third kappa shape index (κ3) is 4.96. The number of esters is 1. The molecule has 1 N–H and O–H groups in total. The number of amides is 1. The number of carbonyl (C=O) groups is 2. The van der Waals surface area contributed by atoms with Crippen LogP contribution in [0.2, 0.25) is 0 Å². The highest BCUT2D eigenvalue weighted by Gasteiger charge is 2.17. The van der Waals surface area contributed by atoms with Gasteiger partial charge in [-0.05, 0) is 38.5 Å². The summed E-state index contributed by atoms with van der Waals surface area (Å²) in [6.45, 7) is 6.41. The average molecular weight is 394 g/mol. The lowest BCUT2D eigenvalue weighted by Crippen LogP contribution is -2.34. The van der Waals surface area contributed by atoms with Crippen molar-refractivity contribution in [3.63, 3.8) is 0 Å². The first-order chi connectivity index (χ1) is 13.8. The maximum absolute atomic E-state index is 12.0. The molecule has 0 aliphatic rings. The number of rotatable bonds is 5. The molecule has 2 aromatic carbocycles. The summed E-state index contributed by atoms with van der Waals surface area (Å²) in [6, 6.07) is 15.6. The van der Waals surface area contributed by atoms with E-state index >= 15 is 0 Å². The molecule has 29 heavy (non-hydrogen) atoms. The maximum atomic E-state index is 12.0. The normalized spacial score (nSPS) is 11.3. The zero-order valence-corrected chi connectivity index (χ0v) is 17.2. The Kier molecular flexibility index (Phi) is 5.92. The van der Waals surface area contributed by atoms with E-state index in [0.717, 1.165) is 22.0 Å². The van der Waals surface area contributed by atoms with E-state index in [0.29, 0.717) is 18.7 Å². The molecule has 0 unspecified atom stereocenters. The summed E-state index contributed by atoms with van der Waals surface area (Å²) in [7, 11) is 1.37. The van der Waals surface area contributed by atoms with Crippen molar-refractivity contribution in [3.8, 4) is 11.1 Å². The minimum Gasteiger partial charge on any atom is -0.465 e. The Morgan fingerprint density at radius 1 is 1.07 bits per heavy atom. The van der Waals surface area contributed by atoms with Gasteiger partial charge in [0, 0.05) is 35.8 Å². The number of methoxy groups -OCH3 is 1. The van der Waals surface area contributed by atoms with Gasteiger partial charge in [-0.1, -0.05) is 36.4 Å². The van der Waals surface area contributed by atoms with Gasteiger partial charge in [0.25, 0.3) is 0 Å². The predicted octanol–water partition coefficient (Wildman–Crippen LogP) is 4.62. The van der Waals surface area contributed by atoms with Crippen LogP contribution in [0.5, 0.6) is 0 Å². The molecule has 1 amide bonds. The number of nitrogens with zero attached hydrogens (tertiary/aromatic N) is 1. The highest BCUT2D eigenvalue weighted by atomic mass is 16.6. The van der Waals surface area contributed by atoms with Crippen LogP contribution >= 0.6 is 0 Å². The van der Waals surface area contributed by atoms with Gasteiger partial charge < -0.3 is 19.4 Å². The van der Waals surface area contributed by atoms with E-state index in [1.807, 2.05) is 74.0 Å². The molecule has 152 valence electrons. The van der Waals surface area contributed by atoms with Crippen LogP contribution in [-0.4, -0.2) is 35.9 Å². The van der Waals surface area contributed by atoms with Crippen molar-refractivity contribution in [1.29, 1.82) is 0 Å². The van der Waals surface area contributed by atoms with Crippen LogP contribution in [0.3, 0.4) is 0 Å². The number of hydrogen-bond acceptors (Lipinski definition) is 4. The molecule has 1 heterocycles. The van der Waals surface area contributed by atoms with Gasteiger partial charge >= 0.3 is 12.1 Å². The van der Waals surface area contributed by atoms with Crippen molar-refractivity contribution in [2.75, 3.05) is 13.7 Å². The number of alkyl carbamates (subject to hydrolysis) is 1. The minimum absolute atomic E-state index is 0.382. The van der Waals surface area contributed by atoms with Crippen molar-refractivity contribution in [2.45, 2.75) is 32.9 Å². The van der Waals surface area contributed by atoms with Gasteiger partial charge in [0.2, 0.25) is 0 Å². The van der Waals surface area contributed by atoms with Crippen molar-refractivity contribution < 1.29 is 19.1 Å². The largest absolute Gasteiger partial charge is 0.465 e. The minimum atomic E-state index is -0.542. The van der Waals surface area contributed by atoms with E-state index in [9.17, 15) is 9.59 Å². The Hall–Kier alpha value is -3.28. The molecule has 0 bridgehead atoms. The second-order valence-electron chi connectivity index (χ2n) is 7.75. The van der Waals surface area contributed by atoms with Gasteiger partial charge in [-0.25, -0.2) is 9.59 Å². The molecule has 3 rings (SSSR count). The van der Waals surface area contributed by atoms with Crippen LogP contribution in [0.15, 0.2) is 54.7 Å². The summed E-state index contributed by atoms with van der Waals surface area (Å²) in [5.74, 6) is -0.382. The van der Waals surface area contributed by atoms with E-state index in [1.54, 1.807) is 6.07 Å². The first kappa shape index (κ1) is 20.5. The van der Waals surface area contributed by atoms with Crippen molar-refractivity contribution >= 4 is 23.0 Å². The number of benzene rings is 2. The fourth-order valence-corrected chi connectivity index (χ4v) is 3.16. The molecule has 6 nitrogen and oxygen atoms in total. The van der Waals surface area contributed by atoms with Crippen LogP contribution < -0.4 is 5.32 Å². The maximum Gasteiger partial charge on any atom is 0.407 e. The second kappa shape index (κ2) is 8.39. The zero-order chi connectivity index (χ0) is 21.0. The molecule has 0 spiro atoms. The van der Waals surface area contributed by atoms with Crippen LogP contribution in [0.1, 0.15) is 31.1 Å². The molecule has 3 aromatic rings. The smallest absolute Gasteiger partial charge is 0.407 e. The molecule has 0 saturated heterocycles. The van der Waals surface area contributed by atoms with Gasteiger partial charge in [-0.2, -0.15) is 0 Å². The van der Waals surface area contributed by atoms with Crippen molar-refractivity contribution in [2.24, 2.45) is 0 Å². The second-order valence-corrected chi connectivity index (χ2v) is 7.75. The molecule has 0 saturated carbocycles. The number of aromatic nitrogens is 1. The Bertz CT molecular complexity index is 1020. The van der Waals surface area contributed by atoms with Crippen LogP contribution in [-0.2, 0) is 16.0 Å². The predicted molar refractivity (Wildman–Crippen MR) is 113 cm³/mol. The summed E-state index contributed by atoms with van der Waals surface area (Å²) >= 11 is 0. The van der Waals surface area contributed by atoms with Gasteiger partial charge in [0.05, 0.1) is 12.7 Å². The average Bonchev–Trinajstić information content (AvgIpc) is 3.04. The Balaban J connectivity index is 1.90. The SMILES string of the molecule is COC(=O)c1ccc2c(-c3ccccc3)cn(CCNC(=O)OC(C)(C)C)c2c1. The lowest BCUT2D eigenvalue weighted by atomic mass is 10.0. The van der Waals surface area contributed by atoms with Gasteiger partial charge in [0.1, 0.15) is 5.60 Å². The fraction of sp³-hybridized carbons (Fsp3) is 0.304. The van der Waals surface area contributed by atoms with Crippen molar-refractivity contribution in [1.82, 2.24) is 9.88 Å². The summed E-state index contributed by atoms with van der Waals surface area (Å²) in [6.07, 6.45) is 1.59. The summed E-state index contributed by atoms with van der Waals surface area (Å²) < 4.78 is 12.2. The number of fused-ring (bicyclic) bond motifs is 1. The summed E-state index contributed by atoms with van der Waals surface area (Å²) in [5, 5.41) is 3.81. The van der Waals surface area contributed by atoms with E-state index in [-0.39, 0.29) is 5.97 Å². The van der Waals surface area contributed by atoms with Gasteiger partial charge in [-0.15, -0.1) is 0 Å². The van der Waals surface area contributed by atoms with Crippen LogP contribution in [0.4, 0.5) is 4.79 Å². The molecule has 0 fully saturated rings. The third-order valence-electron chi connectivity index (χ3n) is 4.41. The fourth-order valence-electron chi connectivity index (χ4n) is 3.16. The highest BCUT2D eigenvalue weighted by molar-refractivity contribution is 6.00.